The smallest absolute Gasteiger partial charge is 0.162 e. The molecule has 0 atom stereocenters. The zero-order valence-electron chi connectivity index (χ0n) is 8.96. The first-order chi connectivity index (χ1) is 7.17. The van der Waals surface area contributed by atoms with Crippen molar-refractivity contribution in [2.75, 3.05) is 0 Å². The van der Waals surface area contributed by atoms with Crippen LogP contribution in [0.4, 0.5) is 0 Å². The van der Waals surface area contributed by atoms with Gasteiger partial charge in [-0.1, -0.05) is 13.0 Å². The lowest BCUT2D eigenvalue weighted by Crippen LogP contribution is -2.06. The largest absolute Gasteiger partial charge is 0.294 e. The Balaban J connectivity index is 2.74. The van der Waals surface area contributed by atoms with Gasteiger partial charge in [0.25, 0.3) is 0 Å². The van der Waals surface area contributed by atoms with E-state index < -0.39 is 0 Å². The van der Waals surface area contributed by atoms with Gasteiger partial charge in [0.2, 0.25) is 0 Å². The molecule has 0 aliphatic heterocycles. The van der Waals surface area contributed by atoms with Crippen molar-refractivity contribution in [3.05, 3.63) is 40.1 Å². The quantitative estimate of drug-likeness (QED) is 0.784. The number of carbonyl (C=O) groups is 1. The van der Waals surface area contributed by atoms with E-state index in [1.165, 1.54) is 0 Å². The molecule has 3 heteroatoms. The highest BCUT2D eigenvalue weighted by Gasteiger charge is 2.07. The molecule has 0 aromatic carbocycles. The number of pyridine rings is 1. The summed E-state index contributed by atoms with van der Waals surface area (Å²) in [6.07, 6.45) is 6.54. The van der Waals surface area contributed by atoms with E-state index >= 15 is 0 Å². The van der Waals surface area contributed by atoms with Gasteiger partial charge in [-0.25, -0.2) is 0 Å². The second-order valence-corrected chi connectivity index (χ2v) is 4.19. The lowest BCUT2D eigenvalue weighted by molar-refractivity contribution is -0.115. The van der Waals surface area contributed by atoms with Crippen LogP contribution >= 0.6 is 15.9 Å². The summed E-state index contributed by atoms with van der Waals surface area (Å²) in [6.45, 7) is 3.89. The van der Waals surface area contributed by atoms with Crippen LogP contribution < -0.4 is 0 Å². The highest BCUT2D eigenvalue weighted by molar-refractivity contribution is 9.10. The molecule has 0 fully saturated rings. The van der Waals surface area contributed by atoms with E-state index in [2.05, 4.69) is 20.9 Å². The molecule has 1 heterocycles. The number of allylic oxidation sites excluding steroid dienone is 2. The Morgan fingerprint density at radius 2 is 2.27 bits per heavy atom. The summed E-state index contributed by atoms with van der Waals surface area (Å²) in [5.74, 6) is 0.180. The fraction of sp³-hybridized carbons (Fsp3) is 0.333. The van der Waals surface area contributed by atoms with Gasteiger partial charge in [-0.15, -0.1) is 0 Å². The van der Waals surface area contributed by atoms with E-state index in [9.17, 15) is 4.79 Å². The van der Waals surface area contributed by atoms with E-state index in [1.54, 1.807) is 12.4 Å². The third-order valence-electron chi connectivity index (χ3n) is 2.21. The molecule has 0 unspecified atom stereocenters. The third kappa shape index (κ3) is 3.59. The number of Topliss-reactive ketones (excluding diaryl/α,β-unsaturated/α-hetero) is 1. The third-order valence-corrected chi connectivity index (χ3v) is 2.65. The molecule has 0 bridgehead atoms. The maximum absolute atomic E-state index is 11.8. The summed E-state index contributed by atoms with van der Waals surface area (Å²) in [6, 6.07) is 1.92. The van der Waals surface area contributed by atoms with Crippen molar-refractivity contribution < 1.29 is 4.79 Å². The van der Waals surface area contributed by atoms with E-state index in [0.717, 1.165) is 22.0 Å². The first kappa shape index (κ1) is 12.1. The van der Waals surface area contributed by atoms with Crippen molar-refractivity contribution in [3.8, 4) is 0 Å². The van der Waals surface area contributed by atoms with Crippen LogP contribution in [0.25, 0.3) is 0 Å². The molecular weight excluding hydrogens is 254 g/mol. The first-order valence-corrected chi connectivity index (χ1v) is 5.74. The van der Waals surface area contributed by atoms with Gasteiger partial charge in [0.1, 0.15) is 0 Å². The SMILES string of the molecule is C/C=C(/CC)C(=O)Cc1cncc(Br)c1. The minimum atomic E-state index is 0.180. The summed E-state index contributed by atoms with van der Waals surface area (Å²) in [5.41, 5.74) is 1.83. The Hall–Kier alpha value is -0.960. The Morgan fingerprint density at radius 3 is 2.80 bits per heavy atom. The van der Waals surface area contributed by atoms with E-state index in [0.29, 0.717) is 6.42 Å². The van der Waals surface area contributed by atoms with Gasteiger partial charge in [0.15, 0.2) is 5.78 Å². The molecule has 0 aliphatic carbocycles. The van der Waals surface area contributed by atoms with Crippen LogP contribution in [0.3, 0.4) is 0 Å². The highest BCUT2D eigenvalue weighted by atomic mass is 79.9. The summed E-state index contributed by atoms with van der Waals surface area (Å²) in [5, 5.41) is 0. The van der Waals surface area contributed by atoms with E-state index in [1.807, 2.05) is 26.0 Å². The Morgan fingerprint density at radius 1 is 1.53 bits per heavy atom. The van der Waals surface area contributed by atoms with Gasteiger partial charge in [0.05, 0.1) is 0 Å². The summed E-state index contributed by atoms with van der Waals surface area (Å²) in [7, 11) is 0. The van der Waals surface area contributed by atoms with Crippen molar-refractivity contribution in [2.45, 2.75) is 26.7 Å². The van der Waals surface area contributed by atoms with Gasteiger partial charge in [0, 0.05) is 23.3 Å². The second kappa shape index (κ2) is 5.81. The molecule has 0 N–H and O–H groups in total. The molecule has 0 radical (unpaired) electrons. The highest BCUT2D eigenvalue weighted by Crippen LogP contribution is 2.12. The fourth-order valence-corrected chi connectivity index (χ4v) is 1.83. The molecule has 2 nitrogen and oxygen atoms in total. The number of ketones is 1. The van der Waals surface area contributed by atoms with Gasteiger partial charge in [-0.2, -0.15) is 0 Å². The zero-order chi connectivity index (χ0) is 11.3. The minimum absolute atomic E-state index is 0.180. The molecule has 0 saturated heterocycles. The Labute approximate surface area is 98.5 Å². The van der Waals surface area contributed by atoms with Gasteiger partial charge in [-0.3, -0.25) is 9.78 Å². The number of nitrogens with zero attached hydrogens (tertiary/aromatic N) is 1. The van der Waals surface area contributed by atoms with Crippen molar-refractivity contribution in [1.29, 1.82) is 0 Å². The average molecular weight is 268 g/mol. The Bertz CT molecular complexity index is 385. The number of hydrogen-bond acceptors (Lipinski definition) is 2. The lowest BCUT2D eigenvalue weighted by Gasteiger charge is -2.03. The van der Waals surface area contributed by atoms with Crippen LogP contribution in [-0.4, -0.2) is 10.8 Å². The van der Waals surface area contributed by atoms with Gasteiger partial charge < -0.3 is 0 Å². The van der Waals surface area contributed by atoms with Crippen molar-refractivity contribution in [3.63, 3.8) is 0 Å². The minimum Gasteiger partial charge on any atom is -0.294 e. The van der Waals surface area contributed by atoms with Crippen molar-refractivity contribution in [2.24, 2.45) is 0 Å². The molecule has 80 valence electrons. The molecule has 0 aliphatic rings. The molecule has 0 saturated carbocycles. The lowest BCUT2D eigenvalue weighted by atomic mass is 10.0. The molecule has 0 spiro atoms. The van der Waals surface area contributed by atoms with Crippen LogP contribution in [0.2, 0.25) is 0 Å². The van der Waals surface area contributed by atoms with Crippen LogP contribution in [0.15, 0.2) is 34.6 Å². The van der Waals surface area contributed by atoms with E-state index in [-0.39, 0.29) is 5.78 Å². The number of carbonyl (C=O) groups excluding carboxylic acids is 1. The molecule has 1 rings (SSSR count). The van der Waals surface area contributed by atoms with Crippen LogP contribution in [-0.2, 0) is 11.2 Å². The topological polar surface area (TPSA) is 30.0 Å². The van der Waals surface area contributed by atoms with Crippen molar-refractivity contribution in [1.82, 2.24) is 4.98 Å². The zero-order valence-corrected chi connectivity index (χ0v) is 10.5. The number of rotatable bonds is 4. The molecule has 1 aromatic heterocycles. The monoisotopic (exact) mass is 267 g/mol. The van der Waals surface area contributed by atoms with Crippen LogP contribution in [0, 0.1) is 0 Å². The van der Waals surface area contributed by atoms with Crippen LogP contribution in [0.5, 0.6) is 0 Å². The number of aromatic nitrogens is 1. The maximum atomic E-state index is 11.8. The summed E-state index contributed by atoms with van der Waals surface area (Å²) >= 11 is 3.33. The molecular formula is C12H14BrNO. The predicted molar refractivity (Wildman–Crippen MR) is 64.7 cm³/mol. The number of halogens is 1. The van der Waals surface area contributed by atoms with Crippen LogP contribution in [0.1, 0.15) is 25.8 Å². The normalized spacial score (nSPS) is 11.5. The molecule has 1 aromatic rings. The first-order valence-electron chi connectivity index (χ1n) is 4.95. The Kier molecular flexibility index (Phi) is 4.69. The predicted octanol–water partition coefficient (Wildman–Crippen LogP) is 3.31. The van der Waals surface area contributed by atoms with E-state index in [4.69, 9.17) is 0 Å². The molecule has 0 amide bonds. The van der Waals surface area contributed by atoms with Gasteiger partial charge >= 0.3 is 0 Å². The number of hydrogen-bond donors (Lipinski definition) is 0. The summed E-state index contributed by atoms with van der Waals surface area (Å²) < 4.78 is 0.909. The maximum Gasteiger partial charge on any atom is 0.162 e. The average Bonchev–Trinajstić information content (AvgIpc) is 2.19. The fourth-order valence-electron chi connectivity index (χ4n) is 1.41. The van der Waals surface area contributed by atoms with Gasteiger partial charge in [-0.05, 0) is 46.5 Å². The second-order valence-electron chi connectivity index (χ2n) is 3.28. The summed E-state index contributed by atoms with van der Waals surface area (Å²) in [4.78, 5) is 15.8. The standard InChI is InChI=1S/C12H14BrNO/c1-3-10(4-2)12(15)6-9-5-11(13)8-14-7-9/h3,5,7-8H,4,6H2,1-2H3/b10-3-. The molecule has 15 heavy (non-hydrogen) atoms. The van der Waals surface area contributed by atoms with Crippen molar-refractivity contribution >= 4 is 21.7 Å².